The largest absolute Gasteiger partial charge is 0.363 e. The van der Waals surface area contributed by atoms with Crippen LogP contribution in [-0.2, 0) is 13.6 Å². The van der Waals surface area contributed by atoms with Crippen molar-refractivity contribution in [2.75, 3.05) is 5.32 Å². The fraction of sp³-hybridized carbons (Fsp3) is 0.731. The maximum Gasteiger partial charge on any atom is 0.330 e. The van der Waals surface area contributed by atoms with Crippen LogP contribution in [-0.4, -0.2) is 24.6 Å². The lowest BCUT2D eigenvalue weighted by Gasteiger charge is -2.59. The number of hydrogen-bond donors (Lipinski definition) is 1. The Balaban J connectivity index is 1.43. The van der Waals surface area contributed by atoms with Gasteiger partial charge in [-0.25, -0.2) is 14.8 Å². The number of nitrogens with one attached hydrogen (secondary N) is 1. The van der Waals surface area contributed by atoms with Gasteiger partial charge in [0.05, 0.1) is 0 Å². The molecule has 2 aromatic rings. The molecule has 3 heterocycles. The third-order valence-corrected chi connectivity index (χ3v) is 10.00. The molecule has 174 valence electrons. The highest BCUT2D eigenvalue weighted by molar-refractivity contribution is 5.84. The van der Waals surface area contributed by atoms with Gasteiger partial charge < -0.3 is 5.32 Å². The van der Waals surface area contributed by atoms with Gasteiger partial charge in [-0.15, -0.1) is 0 Å². The van der Waals surface area contributed by atoms with Gasteiger partial charge in [-0.3, -0.25) is 9.13 Å². The van der Waals surface area contributed by atoms with Crippen molar-refractivity contribution in [3.63, 3.8) is 0 Å². The van der Waals surface area contributed by atoms with E-state index >= 15 is 0 Å². The molecule has 2 fully saturated rings. The molecule has 2 aliphatic carbocycles. The molecule has 2 aromatic heterocycles. The highest BCUT2D eigenvalue weighted by Gasteiger charge is 2.54. The summed E-state index contributed by atoms with van der Waals surface area (Å²) in [7, 11) is 1.79. The first-order valence-corrected chi connectivity index (χ1v) is 12.5. The third-order valence-electron chi connectivity index (χ3n) is 10.00. The van der Waals surface area contributed by atoms with E-state index < -0.39 is 0 Å². The third kappa shape index (κ3) is 3.01. The van der Waals surface area contributed by atoms with Crippen LogP contribution in [0.15, 0.2) is 23.3 Å². The number of fused-ring (bicyclic) bond motifs is 1. The van der Waals surface area contributed by atoms with Crippen molar-refractivity contribution in [3.05, 3.63) is 29.0 Å². The molecule has 1 aliphatic heterocycles. The summed E-state index contributed by atoms with van der Waals surface area (Å²) in [5, 5.41) is 3.76. The van der Waals surface area contributed by atoms with Crippen LogP contribution in [0.3, 0.4) is 0 Å². The highest BCUT2D eigenvalue weighted by atomic mass is 16.1. The Morgan fingerprint density at radius 1 is 1.19 bits per heavy atom. The first-order chi connectivity index (χ1) is 15.1. The average Bonchev–Trinajstić information content (AvgIpc) is 2.91. The summed E-state index contributed by atoms with van der Waals surface area (Å²) in [6.07, 6.45) is 11.1. The van der Waals surface area contributed by atoms with E-state index in [9.17, 15) is 4.79 Å². The van der Waals surface area contributed by atoms with Crippen LogP contribution < -0.4 is 11.0 Å². The molecule has 6 heteroatoms. The Bertz CT molecular complexity index is 1130. The van der Waals surface area contributed by atoms with Gasteiger partial charge in [0.25, 0.3) is 0 Å². The maximum atomic E-state index is 12.8. The van der Waals surface area contributed by atoms with Gasteiger partial charge in [-0.2, -0.15) is 0 Å². The zero-order valence-electron chi connectivity index (χ0n) is 20.5. The lowest BCUT2D eigenvalue weighted by Crippen LogP contribution is -2.51. The van der Waals surface area contributed by atoms with E-state index in [1.54, 1.807) is 17.9 Å². The lowest BCUT2D eigenvalue weighted by atomic mass is 9.46. The van der Waals surface area contributed by atoms with E-state index in [0.29, 0.717) is 34.9 Å². The Kier molecular flexibility index (Phi) is 4.88. The van der Waals surface area contributed by atoms with Crippen molar-refractivity contribution in [2.45, 2.75) is 91.1 Å². The number of imidazole rings is 1. The molecule has 0 spiro atoms. The standard InChI is InChI=1S/C26H39N5O/c1-17-8-7-9-19-25(17,4)11-10-18(2)26(19,5)13-12-24(3)14-15-31-20-21(29-24)27-16-28-22(20)30(6)23(31)32/h16,18-19H,1,7-15H2,2-6H3,(H,27,28,29)/t18-,19+,24+,25-,26+/m1/s1. The van der Waals surface area contributed by atoms with Gasteiger partial charge in [0.15, 0.2) is 11.5 Å². The number of allylic oxidation sites excluding steroid dienone is 1. The number of hydrogen-bond acceptors (Lipinski definition) is 4. The predicted molar refractivity (Wildman–Crippen MR) is 130 cm³/mol. The second-order valence-corrected chi connectivity index (χ2v) is 11.7. The van der Waals surface area contributed by atoms with Crippen LogP contribution in [0.5, 0.6) is 0 Å². The Labute approximate surface area is 191 Å². The summed E-state index contributed by atoms with van der Waals surface area (Å²) < 4.78 is 3.49. The molecule has 2 saturated carbocycles. The van der Waals surface area contributed by atoms with Gasteiger partial charge in [0.1, 0.15) is 11.8 Å². The highest BCUT2D eigenvalue weighted by Crippen LogP contribution is 2.63. The zero-order chi connectivity index (χ0) is 22.9. The van der Waals surface area contributed by atoms with Crippen LogP contribution >= 0.6 is 0 Å². The average molecular weight is 438 g/mol. The van der Waals surface area contributed by atoms with E-state index in [4.69, 9.17) is 0 Å². The van der Waals surface area contributed by atoms with Crippen molar-refractivity contribution in [3.8, 4) is 0 Å². The summed E-state index contributed by atoms with van der Waals surface area (Å²) in [4.78, 5) is 21.7. The van der Waals surface area contributed by atoms with Crippen LogP contribution in [0, 0.1) is 22.7 Å². The van der Waals surface area contributed by atoms with E-state index in [0.717, 1.165) is 24.2 Å². The van der Waals surface area contributed by atoms with E-state index in [-0.39, 0.29) is 11.2 Å². The molecule has 0 aromatic carbocycles. The summed E-state index contributed by atoms with van der Waals surface area (Å²) in [6, 6.07) is 0. The minimum absolute atomic E-state index is 0.00264. The van der Waals surface area contributed by atoms with E-state index in [1.807, 2.05) is 4.57 Å². The number of aryl methyl sites for hydroxylation is 2. The normalized spacial score (nSPS) is 37.1. The van der Waals surface area contributed by atoms with Crippen LogP contribution in [0.4, 0.5) is 5.82 Å². The molecule has 0 saturated heterocycles. The monoisotopic (exact) mass is 437 g/mol. The van der Waals surface area contributed by atoms with Gasteiger partial charge >= 0.3 is 5.69 Å². The van der Waals surface area contributed by atoms with Gasteiger partial charge in [-0.05, 0) is 81.0 Å². The SMILES string of the molecule is C=C1CCC[C@@H]2[C@@](C)(CC[C@@]3(C)CCn4c(=O)n(C)c5ncnc(c54)N3)[C@H](C)CC[C@]12C. The van der Waals surface area contributed by atoms with Gasteiger partial charge in [-0.1, -0.05) is 32.9 Å². The lowest BCUT2D eigenvalue weighted by molar-refractivity contribution is -0.0579. The molecule has 0 unspecified atom stereocenters. The molecule has 6 nitrogen and oxygen atoms in total. The topological polar surface area (TPSA) is 64.7 Å². The van der Waals surface area contributed by atoms with Crippen molar-refractivity contribution < 1.29 is 0 Å². The Morgan fingerprint density at radius 3 is 2.75 bits per heavy atom. The first kappa shape index (κ1) is 21.7. The summed E-state index contributed by atoms with van der Waals surface area (Å²) in [5.41, 5.74) is 3.54. The first-order valence-electron chi connectivity index (χ1n) is 12.5. The molecule has 5 atom stereocenters. The van der Waals surface area contributed by atoms with Crippen molar-refractivity contribution in [1.82, 2.24) is 19.1 Å². The van der Waals surface area contributed by atoms with Crippen molar-refractivity contribution in [1.29, 1.82) is 0 Å². The fourth-order valence-corrected chi connectivity index (χ4v) is 7.36. The molecule has 0 bridgehead atoms. The van der Waals surface area contributed by atoms with Crippen LogP contribution in [0.25, 0.3) is 11.2 Å². The van der Waals surface area contributed by atoms with E-state index in [1.165, 1.54) is 44.1 Å². The minimum Gasteiger partial charge on any atom is -0.363 e. The van der Waals surface area contributed by atoms with Crippen molar-refractivity contribution >= 4 is 17.0 Å². The molecular weight excluding hydrogens is 398 g/mol. The summed E-state index contributed by atoms with van der Waals surface area (Å²) in [6.45, 7) is 15.1. The minimum atomic E-state index is -0.104. The van der Waals surface area contributed by atoms with E-state index in [2.05, 4.69) is 49.6 Å². The predicted octanol–water partition coefficient (Wildman–Crippen LogP) is 5.28. The van der Waals surface area contributed by atoms with Gasteiger partial charge in [0.2, 0.25) is 0 Å². The van der Waals surface area contributed by atoms with Crippen LogP contribution in [0.2, 0.25) is 0 Å². The second-order valence-electron chi connectivity index (χ2n) is 11.7. The molecule has 5 rings (SSSR count). The Morgan fingerprint density at radius 2 is 1.97 bits per heavy atom. The summed E-state index contributed by atoms with van der Waals surface area (Å²) in [5.74, 6) is 2.22. The smallest absolute Gasteiger partial charge is 0.330 e. The number of rotatable bonds is 3. The van der Waals surface area contributed by atoms with Crippen molar-refractivity contribution in [2.24, 2.45) is 29.7 Å². The molecule has 32 heavy (non-hydrogen) atoms. The summed E-state index contributed by atoms with van der Waals surface area (Å²) >= 11 is 0. The molecular formula is C26H39N5O. The molecule has 0 radical (unpaired) electrons. The number of anilines is 1. The van der Waals surface area contributed by atoms with Gasteiger partial charge in [0, 0.05) is 19.1 Å². The number of nitrogens with zero attached hydrogens (tertiary/aromatic N) is 4. The number of aromatic nitrogens is 4. The molecule has 0 amide bonds. The zero-order valence-corrected chi connectivity index (χ0v) is 20.5. The molecule has 1 N–H and O–H groups in total. The maximum absolute atomic E-state index is 12.8. The Hall–Kier alpha value is -2.11. The second kappa shape index (κ2) is 7.19. The quantitative estimate of drug-likeness (QED) is 0.663. The molecule has 3 aliphatic rings. The fourth-order valence-electron chi connectivity index (χ4n) is 7.36. The van der Waals surface area contributed by atoms with Crippen LogP contribution in [0.1, 0.15) is 79.1 Å².